The predicted octanol–water partition coefficient (Wildman–Crippen LogP) is 3.05. The maximum atomic E-state index is 12.2. The van der Waals surface area contributed by atoms with E-state index in [1.54, 1.807) is 30.3 Å². The highest BCUT2D eigenvalue weighted by Gasteiger charge is 2.27. The van der Waals surface area contributed by atoms with Crippen LogP contribution < -0.4 is 0 Å². The van der Waals surface area contributed by atoms with Crippen LogP contribution in [0.15, 0.2) is 58.0 Å². The first-order valence-corrected chi connectivity index (χ1v) is 5.39. The van der Waals surface area contributed by atoms with Crippen molar-refractivity contribution in [3.05, 3.63) is 74.3 Å². The first-order chi connectivity index (χ1) is 9.69. The van der Waals surface area contributed by atoms with Gasteiger partial charge in [0.1, 0.15) is 0 Å². The Labute approximate surface area is 112 Å². The van der Waals surface area contributed by atoms with E-state index in [9.17, 15) is 9.59 Å². The number of rotatable bonds is 3. The SMILES string of the molecule is [N-]=[N+]=NC1=C(N=[N+]=[N-])C(=O)C(c2ccccc2)=CC1=O. The van der Waals surface area contributed by atoms with Gasteiger partial charge in [0.2, 0.25) is 0 Å². The molecule has 0 bridgehead atoms. The van der Waals surface area contributed by atoms with Crippen LogP contribution in [0.1, 0.15) is 5.56 Å². The molecule has 20 heavy (non-hydrogen) atoms. The molecule has 0 heterocycles. The molecule has 0 aromatic heterocycles. The molecule has 0 radical (unpaired) electrons. The van der Waals surface area contributed by atoms with Crippen LogP contribution in [0.25, 0.3) is 26.5 Å². The second kappa shape index (κ2) is 5.53. The fourth-order valence-electron chi connectivity index (χ4n) is 1.73. The van der Waals surface area contributed by atoms with Crippen LogP contribution in [0.3, 0.4) is 0 Å². The number of carbonyl (C=O) groups is 2. The van der Waals surface area contributed by atoms with Gasteiger partial charge in [0.05, 0.1) is 11.4 Å². The summed E-state index contributed by atoms with van der Waals surface area (Å²) in [5.41, 5.74) is 16.5. The maximum absolute atomic E-state index is 12.2. The summed E-state index contributed by atoms with van der Waals surface area (Å²) >= 11 is 0. The highest BCUT2D eigenvalue weighted by molar-refractivity contribution is 6.37. The molecule has 0 atom stereocenters. The Bertz CT molecular complexity index is 749. The molecule has 0 saturated carbocycles. The minimum atomic E-state index is -0.677. The molecule has 2 rings (SSSR count). The van der Waals surface area contributed by atoms with Gasteiger partial charge < -0.3 is 0 Å². The van der Waals surface area contributed by atoms with Crippen LogP contribution in [0, 0.1) is 0 Å². The van der Waals surface area contributed by atoms with E-state index >= 15 is 0 Å². The lowest BCUT2D eigenvalue weighted by Gasteiger charge is -2.13. The number of hydrogen-bond acceptors (Lipinski definition) is 4. The van der Waals surface area contributed by atoms with Crippen molar-refractivity contribution < 1.29 is 9.59 Å². The summed E-state index contributed by atoms with van der Waals surface area (Å²) in [6.45, 7) is 0. The number of nitrogens with zero attached hydrogens (tertiary/aromatic N) is 6. The second-order valence-electron chi connectivity index (χ2n) is 3.69. The molecule has 8 nitrogen and oxygen atoms in total. The molecule has 96 valence electrons. The molecule has 0 fully saturated rings. The summed E-state index contributed by atoms with van der Waals surface area (Å²) in [5, 5.41) is 6.30. The molecule has 0 amide bonds. The third-order valence-electron chi connectivity index (χ3n) is 2.57. The van der Waals surface area contributed by atoms with Gasteiger partial charge in [-0.1, -0.05) is 40.6 Å². The highest BCUT2D eigenvalue weighted by atomic mass is 16.1. The maximum Gasteiger partial charge on any atom is 0.196 e. The number of Topliss-reactive ketones (excluding diaryl/α,β-unsaturated/α-hetero) is 1. The van der Waals surface area contributed by atoms with Gasteiger partial charge in [0.15, 0.2) is 11.6 Å². The zero-order valence-electron chi connectivity index (χ0n) is 9.96. The van der Waals surface area contributed by atoms with E-state index in [2.05, 4.69) is 20.1 Å². The van der Waals surface area contributed by atoms with Crippen molar-refractivity contribution in [1.82, 2.24) is 0 Å². The fraction of sp³-hybridized carbons (Fsp3) is 0. The number of hydrogen-bond donors (Lipinski definition) is 0. The molecule has 1 aliphatic carbocycles. The monoisotopic (exact) mass is 266 g/mol. The molecule has 0 saturated heterocycles. The Morgan fingerprint density at radius 1 is 0.900 bits per heavy atom. The topological polar surface area (TPSA) is 132 Å². The van der Waals surface area contributed by atoms with Gasteiger partial charge in [-0.25, -0.2) is 0 Å². The van der Waals surface area contributed by atoms with E-state index in [1.807, 2.05) is 0 Å². The lowest BCUT2D eigenvalue weighted by molar-refractivity contribution is -0.114. The molecular weight excluding hydrogens is 260 g/mol. The predicted molar refractivity (Wildman–Crippen MR) is 69.8 cm³/mol. The van der Waals surface area contributed by atoms with E-state index in [-0.39, 0.29) is 5.57 Å². The van der Waals surface area contributed by atoms with Gasteiger partial charge in [0.25, 0.3) is 0 Å². The fourth-order valence-corrected chi connectivity index (χ4v) is 1.73. The van der Waals surface area contributed by atoms with E-state index in [4.69, 9.17) is 11.1 Å². The molecular formula is C12H6N6O2. The number of azide groups is 2. The molecule has 1 aromatic rings. The van der Waals surface area contributed by atoms with Gasteiger partial charge in [-0.3, -0.25) is 9.59 Å². The Morgan fingerprint density at radius 2 is 1.50 bits per heavy atom. The molecule has 8 heteroatoms. The Kier molecular flexibility index (Phi) is 3.63. The second-order valence-corrected chi connectivity index (χ2v) is 3.69. The van der Waals surface area contributed by atoms with Crippen LogP contribution >= 0.6 is 0 Å². The molecule has 0 aliphatic heterocycles. The van der Waals surface area contributed by atoms with Crippen LogP contribution in [-0.4, -0.2) is 11.6 Å². The zero-order valence-corrected chi connectivity index (χ0v) is 9.96. The van der Waals surface area contributed by atoms with E-state index in [1.165, 1.54) is 0 Å². The molecule has 1 aliphatic rings. The summed E-state index contributed by atoms with van der Waals surface area (Å²) in [4.78, 5) is 29.0. The number of benzene rings is 1. The molecule has 1 aromatic carbocycles. The Balaban J connectivity index is 2.61. The molecule has 0 unspecified atom stereocenters. The van der Waals surface area contributed by atoms with Gasteiger partial charge in [0, 0.05) is 15.4 Å². The van der Waals surface area contributed by atoms with Crippen molar-refractivity contribution in [3.8, 4) is 0 Å². The summed E-state index contributed by atoms with van der Waals surface area (Å²) in [7, 11) is 0. The highest BCUT2D eigenvalue weighted by Crippen LogP contribution is 2.28. The minimum absolute atomic E-state index is 0.0925. The van der Waals surface area contributed by atoms with Crippen molar-refractivity contribution in [2.24, 2.45) is 10.2 Å². The Hall–Kier alpha value is -3.34. The van der Waals surface area contributed by atoms with Crippen LogP contribution in [0.4, 0.5) is 0 Å². The summed E-state index contributed by atoms with van der Waals surface area (Å²) in [6, 6.07) is 8.45. The van der Waals surface area contributed by atoms with E-state index in [0.717, 1.165) is 6.08 Å². The average molecular weight is 266 g/mol. The third kappa shape index (κ3) is 2.28. The quantitative estimate of drug-likeness (QED) is 0.360. The lowest BCUT2D eigenvalue weighted by Crippen LogP contribution is -2.16. The third-order valence-corrected chi connectivity index (χ3v) is 2.57. The zero-order chi connectivity index (χ0) is 14.5. The average Bonchev–Trinajstić information content (AvgIpc) is 2.47. The van der Waals surface area contributed by atoms with Gasteiger partial charge in [-0.15, -0.1) is 0 Å². The standard InChI is InChI=1S/C12H6N6O2/c13-17-15-10-9(19)6-8(7-4-2-1-3-5-7)12(20)11(10)16-18-14/h1-6H. The van der Waals surface area contributed by atoms with E-state index in [0.29, 0.717) is 5.56 Å². The van der Waals surface area contributed by atoms with Crippen molar-refractivity contribution in [3.63, 3.8) is 0 Å². The van der Waals surface area contributed by atoms with Crippen molar-refractivity contribution in [2.75, 3.05) is 0 Å². The van der Waals surface area contributed by atoms with Crippen molar-refractivity contribution >= 4 is 17.1 Å². The normalized spacial score (nSPS) is 14.3. The number of allylic oxidation sites excluding steroid dienone is 2. The van der Waals surface area contributed by atoms with Crippen molar-refractivity contribution in [2.45, 2.75) is 0 Å². The van der Waals surface area contributed by atoms with Crippen LogP contribution in [0.2, 0.25) is 0 Å². The smallest absolute Gasteiger partial charge is 0.196 e. The largest absolute Gasteiger partial charge is 0.289 e. The van der Waals surface area contributed by atoms with Crippen molar-refractivity contribution in [1.29, 1.82) is 0 Å². The lowest BCUT2D eigenvalue weighted by atomic mass is 9.93. The summed E-state index contributed by atoms with van der Waals surface area (Å²) in [6.07, 6.45) is 1.07. The number of ketones is 2. The van der Waals surface area contributed by atoms with Gasteiger partial charge >= 0.3 is 0 Å². The number of carbonyl (C=O) groups excluding carboxylic acids is 2. The van der Waals surface area contributed by atoms with Gasteiger partial charge in [-0.2, -0.15) is 0 Å². The molecule has 0 N–H and O–H groups in total. The van der Waals surface area contributed by atoms with Gasteiger partial charge in [-0.05, 0) is 22.7 Å². The molecule has 0 spiro atoms. The van der Waals surface area contributed by atoms with Crippen LogP contribution in [0.5, 0.6) is 0 Å². The minimum Gasteiger partial charge on any atom is -0.289 e. The summed E-state index contributed by atoms with van der Waals surface area (Å²) < 4.78 is 0. The summed E-state index contributed by atoms with van der Waals surface area (Å²) in [5.74, 6) is -1.33. The van der Waals surface area contributed by atoms with Crippen LogP contribution in [-0.2, 0) is 9.59 Å². The van der Waals surface area contributed by atoms with E-state index < -0.39 is 23.0 Å². The first kappa shape index (κ1) is 13.1. The first-order valence-electron chi connectivity index (χ1n) is 5.39. The Morgan fingerprint density at radius 3 is 2.10 bits per heavy atom.